The number of ether oxygens (including phenoxy) is 1. The van der Waals surface area contributed by atoms with Crippen molar-refractivity contribution in [1.29, 1.82) is 0 Å². The largest absolute Gasteiger partial charge is 0.504 e. The van der Waals surface area contributed by atoms with E-state index in [-0.39, 0.29) is 17.2 Å². The summed E-state index contributed by atoms with van der Waals surface area (Å²) in [7, 11) is 1.44. The summed E-state index contributed by atoms with van der Waals surface area (Å²) in [6.45, 7) is 0. The van der Waals surface area contributed by atoms with E-state index in [4.69, 9.17) is 4.74 Å². The van der Waals surface area contributed by atoms with Crippen molar-refractivity contribution in [3.05, 3.63) is 28.4 Å². The molecule has 0 fully saturated rings. The fraction of sp³-hybridized carbons (Fsp3) is 0.100. The molecule has 0 amide bonds. The van der Waals surface area contributed by atoms with Gasteiger partial charge >= 0.3 is 0 Å². The van der Waals surface area contributed by atoms with Gasteiger partial charge in [0, 0.05) is 5.22 Å². The van der Waals surface area contributed by atoms with Crippen LogP contribution in [-0.2, 0) is 4.79 Å². The molecule has 0 bridgehead atoms. The van der Waals surface area contributed by atoms with E-state index in [0.717, 1.165) is 5.22 Å². The van der Waals surface area contributed by atoms with E-state index in [1.54, 1.807) is 18.1 Å². The average Bonchev–Trinajstić information content (AvgIpc) is 2.60. The number of carbonyl (C=O) groups excluding carboxylic acids is 1. The Balaban J connectivity index is 2.88. The van der Waals surface area contributed by atoms with Crippen molar-refractivity contribution < 1.29 is 14.6 Å². The van der Waals surface area contributed by atoms with Gasteiger partial charge in [0.05, 0.1) is 7.11 Å². The van der Waals surface area contributed by atoms with Crippen molar-refractivity contribution in [3.63, 3.8) is 0 Å². The van der Waals surface area contributed by atoms with E-state index in [1.165, 1.54) is 13.2 Å². The number of fused-ring (bicyclic) bond motifs is 1. The number of rotatable bonds is 1. The zero-order valence-electron chi connectivity index (χ0n) is 7.44. The normalized spacial score (nSPS) is 12.5. The Labute approximate surface area is 79.5 Å². The van der Waals surface area contributed by atoms with Crippen molar-refractivity contribution >= 4 is 12.0 Å². The first-order valence-corrected chi connectivity index (χ1v) is 3.98. The number of hydrogen-bond donors (Lipinski definition) is 1. The van der Waals surface area contributed by atoms with Gasteiger partial charge in [-0.1, -0.05) is 0 Å². The Kier molecular flexibility index (Phi) is 1.84. The van der Waals surface area contributed by atoms with Gasteiger partial charge in [0.2, 0.25) is 0 Å². The van der Waals surface area contributed by atoms with E-state index in [1.807, 2.05) is 0 Å². The van der Waals surface area contributed by atoms with Crippen LogP contribution in [0.15, 0.2) is 22.8 Å². The second-order valence-electron chi connectivity index (χ2n) is 2.80. The Morgan fingerprint density at radius 3 is 2.93 bits per heavy atom. The number of hydrogen-bond acceptors (Lipinski definition) is 4. The van der Waals surface area contributed by atoms with Gasteiger partial charge in [0.25, 0.3) is 0 Å². The third-order valence-corrected chi connectivity index (χ3v) is 1.98. The molecule has 0 saturated carbocycles. The number of phenolic OH excluding ortho intramolecular Hbond substituents is 1. The van der Waals surface area contributed by atoms with E-state index in [2.05, 4.69) is 4.99 Å². The molecule has 0 aliphatic carbocycles. The van der Waals surface area contributed by atoms with Crippen LogP contribution in [0.3, 0.4) is 0 Å². The highest BCUT2D eigenvalue weighted by Crippen LogP contribution is 2.19. The van der Waals surface area contributed by atoms with Crippen LogP contribution in [0.1, 0.15) is 0 Å². The predicted octanol–water partition coefficient (Wildman–Crippen LogP) is -0.470. The van der Waals surface area contributed by atoms with Gasteiger partial charge in [-0.05, 0) is 18.2 Å². The topological polar surface area (TPSA) is 58.9 Å². The van der Waals surface area contributed by atoms with Crippen molar-refractivity contribution in [2.75, 3.05) is 7.11 Å². The monoisotopic (exact) mass is 189 g/mol. The number of methoxy groups -OCH3 is 1. The number of allylic oxidation sites excluding steroid dienone is 1. The van der Waals surface area contributed by atoms with Gasteiger partial charge in [0.1, 0.15) is 11.1 Å². The van der Waals surface area contributed by atoms with Crippen LogP contribution >= 0.6 is 0 Å². The molecule has 0 spiro atoms. The molecule has 1 aromatic rings. The highest BCUT2D eigenvalue weighted by molar-refractivity contribution is 5.69. The zero-order valence-corrected chi connectivity index (χ0v) is 7.44. The molecule has 0 unspecified atom stereocenters. The van der Waals surface area contributed by atoms with Crippen LogP contribution in [0.2, 0.25) is 0 Å². The van der Waals surface area contributed by atoms with Crippen LogP contribution in [0.5, 0.6) is 11.5 Å². The first kappa shape index (κ1) is 8.53. The molecule has 0 atom stereocenters. The summed E-state index contributed by atoms with van der Waals surface area (Å²) in [5.74, 6) is 1.98. The summed E-state index contributed by atoms with van der Waals surface area (Å²) >= 11 is 0. The van der Waals surface area contributed by atoms with E-state index < -0.39 is 0 Å². The Morgan fingerprint density at radius 2 is 2.29 bits per heavy atom. The smallest absolute Gasteiger partial charge is 0.186 e. The molecule has 1 aliphatic rings. The lowest BCUT2D eigenvalue weighted by atomic mass is 10.2. The summed E-state index contributed by atoms with van der Waals surface area (Å²) in [5.41, 5.74) is 0.212. The van der Waals surface area contributed by atoms with Crippen molar-refractivity contribution in [3.8, 4) is 11.5 Å². The van der Waals surface area contributed by atoms with Gasteiger partial charge in [-0.15, -0.1) is 0 Å². The lowest BCUT2D eigenvalue weighted by Crippen LogP contribution is -2.22. The molecule has 0 radical (unpaired) electrons. The summed E-state index contributed by atoms with van der Waals surface area (Å²) in [4.78, 5) is 14.3. The molecule has 14 heavy (non-hydrogen) atoms. The molecule has 1 aromatic carbocycles. The standard InChI is InChI=1S/C10H7NO3/c1-14-10-8(13)3-2-6-4-7(5-12)11-9(6)10/h2-4,13H,1H3. The molecule has 1 aliphatic heterocycles. The SMILES string of the molecule is COc1c(O)ccc2c1=NC(=C=O)C=2. The summed E-state index contributed by atoms with van der Waals surface area (Å²) in [6.07, 6.45) is 1.59. The highest BCUT2D eigenvalue weighted by atomic mass is 16.5. The molecular formula is C10H7NO3. The molecule has 0 aromatic heterocycles. The van der Waals surface area contributed by atoms with Gasteiger partial charge in [-0.3, -0.25) is 0 Å². The third-order valence-electron chi connectivity index (χ3n) is 1.98. The number of nitrogens with zero attached hydrogens (tertiary/aromatic N) is 1. The Hall–Kier alpha value is -2.06. The van der Waals surface area contributed by atoms with Crippen LogP contribution < -0.4 is 15.3 Å². The molecule has 4 heteroatoms. The third kappa shape index (κ3) is 1.09. The lowest BCUT2D eigenvalue weighted by Gasteiger charge is -2.01. The second-order valence-corrected chi connectivity index (χ2v) is 2.80. The van der Waals surface area contributed by atoms with Crippen LogP contribution in [0.4, 0.5) is 0 Å². The molecule has 4 nitrogen and oxygen atoms in total. The Morgan fingerprint density at radius 1 is 1.50 bits per heavy atom. The van der Waals surface area contributed by atoms with Crippen molar-refractivity contribution in [2.45, 2.75) is 0 Å². The van der Waals surface area contributed by atoms with E-state index in [0.29, 0.717) is 5.36 Å². The van der Waals surface area contributed by atoms with Gasteiger partial charge in [0.15, 0.2) is 17.4 Å². The highest BCUT2D eigenvalue weighted by Gasteiger charge is 2.10. The van der Waals surface area contributed by atoms with E-state index >= 15 is 0 Å². The maximum absolute atomic E-state index is 10.4. The maximum atomic E-state index is 10.4. The molecule has 1 N–H and O–H groups in total. The van der Waals surface area contributed by atoms with Crippen LogP contribution in [0.25, 0.3) is 6.08 Å². The number of phenols is 1. The minimum absolute atomic E-state index is 0.00977. The lowest BCUT2D eigenvalue weighted by molar-refractivity contribution is 0.368. The fourth-order valence-electron chi connectivity index (χ4n) is 1.36. The minimum atomic E-state index is 0.00977. The van der Waals surface area contributed by atoms with Gasteiger partial charge in [-0.25, -0.2) is 9.79 Å². The number of benzene rings is 1. The first-order chi connectivity index (χ1) is 6.76. The average molecular weight is 189 g/mol. The van der Waals surface area contributed by atoms with Gasteiger partial charge < -0.3 is 9.84 Å². The van der Waals surface area contributed by atoms with Crippen LogP contribution in [-0.4, -0.2) is 18.2 Å². The zero-order chi connectivity index (χ0) is 10.1. The summed E-state index contributed by atoms with van der Waals surface area (Å²) in [5, 5.41) is 10.7. The summed E-state index contributed by atoms with van der Waals surface area (Å²) < 4.78 is 4.97. The van der Waals surface area contributed by atoms with Crippen molar-refractivity contribution in [2.24, 2.45) is 4.99 Å². The van der Waals surface area contributed by atoms with Crippen molar-refractivity contribution in [1.82, 2.24) is 0 Å². The molecule has 2 rings (SSSR count). The minimum Gasteiger partial charge on any atom is -0.504 e. The molecule has 70 valence electrons. The van der Waals surface area contributed by atoms with Gasteiger partial charge in [-0.2, -0.15) is 0 Å². The predicted molar refractivity (Wildman–Crippen MR) is 49.1 cm³/mol. The maximum Gasteiger partial charge on any atom is 0.186 e. The first-order valence-electron chi connectivity index (χ1n) is 3.98. The molecular weight excluding hydrogens is 182 g/mol. The fourth-order valence-corrected chi connectivity index (χ4v) is 1.36. The molecule has 1 heterocycles. The summed E-state index contributed by atoms with van der Waals surface area (Å²) in [6, 6.07) is 3.17. The quantitative estimate of drug-likeness (QED) is 0.607. The number of aromatic hydroxyl groups is 1. The second kappa shape index (κ2) is 3.01. The van der Waals surface area contributed by atoms with Crippen LogP contribution in [0, 0.1) is 0 Å². The Bertz CT molecular complexity index is 553. The van der Waals surface area contributed by atoms with E-state index in [9.17, 15) is 9.90 Å². The molecule has 0 saturated heterocycles.